The van der Waals surface area contributed by atoms with Crippen molar-refractivity contribution in [2.75, 3.05) is 0 Å². The van der Waals surface area contributed by atoms with Gasteiger partial charge < -0.3 is 5.11 Å². The Hall–Kier alpha value is -3.21. The van der Waals surface area contributed by atoms with Gasteiger partial charge in [0.05, 0.1) is 27.9 Å². The van der Waals surface area contributed by atoms with Gasteiger partial charge in [-0.05, 0) is 6.07 Å². The van der Waals surface area contributed by atoms with Gasteiger partial charge in [0, 0.05) is 18.3 Å². The van der Waals surface area contributed by atoms with Crippen LogP contribution in [0.5, 0.6) is 0 Å². The summed E-state index contributed by atoms with van der Waals surface area (Å²) in [7, 11) is 0. The van der Waals surface area contributed by atoms with Gasteiger partial charge >= 0.3 is 5.97 Å². The van der Waals surface area contributed by atoms with E-state index in [-0.39, 0.29) is 22.5 Å². The highest BCUT2D eigenvalue weighted by molar-refractivity contribution is 5.87. The smallest absolute Gasteiger partial charge is 0.338 e. The minimum absolute atomic E-state index is 0.0363. The summed E-state index contributed by atoms with van der Waals surface area (Å²) in [4.78, 5) is 20.7. The molecule has 0 aliphatic carbocycles. The maximum atomic E-state index is 10.7. The number of carbonyl (C=O) groups is 1. The standard InChI is InChI=1S/C11H6N4O4/c12-4-7-3-9(15(18)19)1-2-10(7)14-6-8(5-13-14)11(16)17/h1-3,5-6H,(H,16,17). The van der Waals surface area contributed by atoms with Gasteiger partial charge in [-0.2, -0.15) is 10.4 Å². The Bertz CT molecular complexity index is 714. The zero-order chi connectivity index (χ0) is 14.0. The van der Waals surface area contributed by atoms with E-state index >= 15 is 0 Å². The highest BCUT2D eigenvalue weighted by Crippen LogP contribution is 2.20. The van der Waals surface area contributed by atoms with Crippen LogP contribution in [-0.4, -0.2) is 25.8 Å². The summed E-state index contributed by atoms with van der Waals surface area (Å²) in [5.74, 6) is -1.15. The number of nitro benzene ring substituents is 1. The molecule has 2 rings (SSSR count). The SMILES string of the molecule is N#Cc1cc([N+](=O)[O-])ccc1-n1cc(C(=O)O)cn1. The van der Waals surface area contributed by atoms with Gasteiger partial charge in [0.1, 0.15) is 6.07 Å². The van der Waals surface area contributed by atoms with Gasteiger partial charge in [-0.3, -0.25) is 10.1 Å². The van der Waals surface area contributed by atoms with Gasteiger partial charge in [-0.15, -0.1) is 0 Å². The van der Waals surface area contributed by atoms with Crippen LogP contribution >= 0.6 is 0 Å². The number of aromatic nitrogens is 2. The van der Waals surface area contributed by atoms with E-state index in [4.69, 9.17) is 10.4 Å². The van der Waals surface area contributed by atoms with Crippen LogP contribution in [0.4, 0.5) is 5.69 Å². The van der Waals surface area contributed by atoms with Crippen molar-refractivity contribution < 1.29 is 14.8 Å². The molecule has 1 N–H and O–H groups in total. The molecule has 1 aromatic heterocycles. The van der Waals surface area contributed by atoms with Gasteiger partial charge in [-0.25, -0.2) is 9.48 Å². The quantitative estimate of drug-likeness (QED) is 0.654. The van der Waals surface area contributed by atoms with Crippen LogP contribution in [0.25, 0.3) is 5.69 Å². The first-order valence-corrected chi connectivity index (χ1v) is 5.00. The predicted octanol–water partition coefficient (Wildman–Crippen LogP) is 1.35. The van der Waals surface area contributed by atoms with Gasteiger partial charge in [0.25, 0.3) is 5.69 Å². The molecule has 0 saturated heterocycles. The Morgan fingerprint density at radius 2 is 2.26 bits per heavy atom. The fourth-order valence-corrected chi connectivity index (χ4v) is 1.49. The van der Waals surface area contributed by atoms with Gasteiger partial charge in [0.2, 0.25) is 0 Å². The van der Waals surface area contributed by atoms with Gasteiger partial charge in [-0.1, -0.05) is 0 Å². The maximum absolute atomic E-state index is 10.7. The maximum Gasteiger partial charge on any atom is 0.338 e. The van der Waals surface area contributed by atoms with Crippen LogP contribution < -0.4 is 0 Å². The second-order valence-electron chi connectivity index (χ2n) is 3.55. The highest BCUT2D eigenvalue weighted by atomic mass is 16.6. The molecule has 0 atom stereocenters. The molecule has 0 fully saturated rings. The summed E-state index contributed by atoms with van der Waals surface area (Å²) in [6, 6.07) is 5.49. The van der Waals surface area contributed by atoms with Crippen LogP contribution in [0.15, 0.2) is 30.6 Å². The van der Waals surface area contributed by atoms with Crippen molar-refractivity contribution in [1.29, 1.82) is 5.26 Å². The number of hydrogen-bond donors (Lipinski definition) is 1. The highest BCUT2D eigenvalue weighted by Gasteiger charge is 2.14. The van der Waals surface area contributed by atoms with Crippen molar-refractivity contribution in [1.82, 2.24) is 9.78 Å². The van der Waals surface area contributed by atoms with Crippen molar-refractivity contribution >= 4 is 11.7 Å². The Labute approximate surface area is 106 Å². The van der Waals surface area contributed by atoms with E-state index in [0.717, 1.165) is 12.3 Å². The van der Waals surface area contributed by atoms with Crippen molar-refractivity contribution in [2.45, 2.75) is 0 Å². The first-order valence-electron chi connectivity index (χ1n) is 5.00. The molecule has 1 aromatic carbocycles. The second kappa shape index (κ2) is 4.58. The van der Waals surface area contributed by atoms with Crippen molar-refractivity contribution in [2.24, 2.45) is 0 Å². The third-order valence-electron chi connectivity index (χ3n) is 2.39. The molecule has 8 heteroatoms. The van der Waals surface area contributed by atoms with Crippen LogP contribution in [-0.2, 0) is 0 Å². The van der Waals surface area contributed by atoms with E-state index in [1.807, 2.05) is 6.07 Å². The number of aromatic carboxylic acids is 1. The summed E-state index contributed by atoms with van der Waals surface area (Å²) in [5, 5.41) is 32.2. The number of carboxylic acids is 1. The van der Waals surface area contributed by atoms with E-state index in [9.17, 15) is 14.9 Å². The normalized spacial score (nSPS) is 9.84. The number of non-ortho nitro benzene ring substituents is 1. The zero-order valence-electron chi connectivity index (χ0n) is 9.35. The molecule has 0 bridgehead atoms. The van der Waals surface area contributed by atoms with E-state index in [1.54, 1.807) is 0 Å². The predicted molar refractivity (Wildman–Crippen MR) is 61.9 cm³/mol. The molecule has 0 aliphatic heterocycles. The first kappa shape index (κ1) is 12.3. The van der Waals surface area contributed by atoms with E-state index in [2.05, 4.69) is 5.10 Å². The lowest BCUT2D eigenvalue weighted by Crippen LogP contribution is -2.00. The Morgan fingerprint density at radius 3 is 2.79 bits per heavy atom. The molecule has 0 amide bonds. The van der Waals surface area contributed by atoms with Gasteiger partial charge in [0.15, 0.2) is 0 Å². The minimum atomic E-state index is -1.15. The number of hydrogen-bond acceptors (Lipinski definition) is 5. The van der Waals surface area contributed by atoms with Crippen molar-refractivity contribution in [3.8, 4) is 11.8 Å². The molecule has 94 valence electrons. The third-order valence-corrected chi connectivity index (χ3v) is 2.39. The van der Waals surface area contributed by atoms with Crippen LogP contribution in [0, 0.1) is 21.4 Å². The number of nitrogens with zero attached hydrogens (tertiary/aromatic N) is 4. The molecular formula is C11H6N4O4. The summed E-state index contributed by atoms with van der Waals surface area (Å²) in [5.41, 5.74) is 0.0583. The zero-order valence-corrected chi connectivity index (χ0v) is 9.35. The summed E-state index contributed by atoms with van der Waals surface area (Å²) >= 11 is 0. The molecule has 8 nitrogen and oxygen atoms in total. The minimum Gasteiger partial charge on any atom is -0.478 e. The topological polar surface area (TPSA) is 122 Å². The third kappa shape index (κ3) is 2.25. The monoisotopic (exact) mass is 258 g/mol. The molecule has 0 unspecified atom stereocenters. The lowest BCUT2D eigenvalue weighted by Gasteiger charge is -2.03. The summed E-state index contributed by atoms with van der Waals surface area (Å²) < 4.78 is 1.19. The molecular weight excluding hydrogens is 252 g/mol. The Kier molecular flexibility index (Phi) is 2.95. The average Bonchev–Trinajstić information content (AvgIpc) is 2.87. The number of nitriles is 1. The molecule has 0 aliphatic rings. The number of nitro groups is 1. The molecule has 0 radical (unpaired) electrons. The van der Waals surface area contributed by atoms with Crippen LogP contribution in [0.3, 0.4) is 0 Å². The molecule has 0 saturated carbocycles. The second-order valence-corrected chi connectivity index (χ2v) is 3.55. The Morgan fingerprint density at radius 1 is 1.53 bits per heavy atom. The number of carboxylic acid groups (broad SMARTS) is 1. The van der Waals surface area contributed by atoms with E-state index in [0.29, 0.717) is 0 Å². The van der Waals surface area contributed by atoms with Crippen LogP contribution in [0.1, 0.15) is 15.9 Å². The van der Waals surface area contributed by atoms with E-state index in [1.165, 1.54) is 23.0 Å². The number of benzene rings is 1. The van der Waals surface area contributed by atoms with Crippen LogP contribution in [0.2, 0.25) is 0 Å². The molecule has 0 spiro atoms. The number of rotatable bonds is 3. The molecule has 1 heterocycles. The lowest BCUT2D eigenvalue weighted by atomic mass is 10.2. The van der Waals surface area contributed by atoms with E-state index < -0.39 is 10.9 Å². The van der Waals surface area contributed by atoms with Crippen molar-refractivity contribution in [3.05, 3.63) is 51.8 Å². The summed E-state index contributed by atoms with van der Waals surface area (Å²) in [6.45, 7) is 0. The largest absolute Gasteiger partial charge is 0.478 e. The summed E-state index contributed by atoms with van der Waals surface area (Å²) in [6.07, 6.45) is 2.36. The molecule has 19 heavy (non-hydrogen) atoms. The Balaban J connectivity index is 2.53. The van der Waals surface area contributed by atoms with Crippen molar-refractivity contribution in [3.63, 3.8) is 0 Å². The molecule has 2 aromatic rings. The average molecular weight is 258 g/mol. The fraction of sp³-hybridized carbons (Fsp3) is 0. The first-order chi connectivity index (χ1) is 9.02. The fourth-order valence-electron chi connectivity index (χ4n) is 1.49. The lowest BCUT2D eigenvalue weighted by molar-refractivity contribution is -0.384.